The number of furan rings is 1. The van der Waals surface area contributed by atoms with Crippen LogP contribution in [0, 0.1) is 24.0 Å². The number of ether oxygens (including phenoxy) is 1. The molecule has 0 unspecified atom stereocenters. The van der Waals surface area contributed by atoms with Crippen molar-refractivity contribution >= 4 is 17.3 Å². The average molecular weight is 419 g/mol. The van der Waals surface area contributed by atoms with Crippen molar-refractivity contribution in [1.29, 1.82) is 0 Å². The summed E-state index contributed by atoms with van der Waals surface area (Å²) in [7, 11) is 0. The van der Waals surface area contributed by atoms with E-state index in [9.17, 15) is 14.9 Å². The fraction of sp³-hybridized carbons (Fsp3) is 0.217. The third-order valence-electron chi connectivity index (χ3n) is 5.09. The zero-order valence-corrected chi connectivity index (χ0v) is 17.1. The highest BCUT2D eigenvalue weighted by atomic mass is 16.6. The van der Waals surface area contributed by atoms with E-state index in [0.717, 1.165) is 22.4 Å². The minimum Gasteiger partial charge on any atom is -0.477 e. The van der Waals surface area contributed by atoms with E-state index < -0.39 is 16.9 Å². The van der Waals surface area contributed by atoms with Gasteiger partial charge >= 0.3 is 5.69 Å². The van der Waals surface area contributed by atoms with Crippen LogP contribution >= 0.6 is 0 Å². The van der Waals surface area contributed by atoms with Crippen LogP contribution in [0.1, 0.15) is 34.9 Å². The molecular formula is C23H21N3O5. The summed E-state index contributed by atoms with van der Waals surface area (Å²) >= 11 is 0. The molecule has 0 N–H and O–H groups in total. The molecule has 2 aromatic carbocycles. The van der Waals surface area contributed by atoms with Gasteiger partial charge in [-0.3, -0.25) is 14.9 Å². The fourth-order valence-corrected chi connectivity index (χ4v) is 3.46. The summed E-state index contributed by atoms with van der Waals surface area (Å²) in [5, 5.41) is 17.1. The fourth-order valence-electron chi connectivity index (χ4n) is 3.46. The highest BCUT2D eigenvalue weighted by molar-refractivity contribution is 6.03. The highest BCUT2D eigenvalue weighted by Crippen LogP contribution is 2.34. The molecule has 31 heavy (non-hydrogen) atoms. The molecule has 1 aromatic heterocycles. The summed E-state index contributed by atoms with van der Waals surface area (Å²) in [5.41, 5.74) is 3.42. The number of hydrogen-bond acceptors (Lipinski definition) is 6. The first-order chi connectivity index (χ1) is 14.9. The summed E-state index contributed by atoms with van der Waals surface area (Å²) in [4.78, 5) is 23.7. The Bertz CT molecular complexity index is 1140. The Labute approximate surface area is 178 Å². The van der Waals surface area contributed by atoms with Gasteiger partial charge in [-0.2, -0.15) is 5.10 Å². The first-order valence-corrected chi connectivity index (χ1v) is 9.80. The molecular weight excluding hydrogens is 398 g/mol. The standard InChI is InChI=1S/C23H21N3O5/c1-15-5-8-17(9-6-15)18-13-20(21-4-3-11-30-21)25(24-18)23(27)14-31-22-12-16(2)7-10-19(22)26(28)29/h3-12,20H,13-14H2,1-2H3/t20-/m1/s1. The monoisotopic (exact) mass is 419 g/mol. The minimum atomic E-state index is -0.533. The molecule has 0 saturated carbocycles. The van der Waals surface area contributed by atoms with Gasteiger partial charge in [0.1, 0.15) is 11.8 Å². The Hall–Kier alpha value is -3.94. The number of aryl methyl sites for hydroxylation is 2. The van der Waals surface area contributed by atoms with Crippen LogP contribution in [0.2, 0.25) is 0 Å². The first-order valence-electron chi connectivity index (χ1n) is 9.80. The second-order valence-corrected chi connectivity index (χ2v) is 7.40. The van der Waals surface area contributed by atoms with Crippen LogP contribution in [-0.2, 0) is 4.79 Å². The van der Waals surface area contributed by atoms with Gasteiger partial charge < -0.3 is 9.15 Å². The van der Waals surface area contributed by atoms with E-state index >= 15 is 0 Å². The van der Waals surface area contributed by atoms with E-state index in [1.165, 1.54) is 11.1 Å². The zero-order chi connectivity index (χ0) is 22.0. The van der Waals surface area contributed by atoms with Crippen LogP contribution in [0.4, 0.5) is 5.69 Å². The average Bonchev–Trinajstić information content (AvgIpc) is 3.42. The molecule has 0 fully saturated rings. The molecule has 158 valence electrons. The summed E-state index contributed by atoms with van der Waals surface area (Å²) in [6.07, 6.45) is 2.04. The van der Waals surface area contributed by atoms with E-state index in [1.807, 2.05) is 31.2 Å². The molecule has 3 aromatic rings. The van der Waals surface area contributed by atoms with Crippen molar-refractivity contribution < 1.29 is 18.9 Å². The molecule has 1 atom stereocenters. The van der Waals surface area contributed by atoms with E-state index in [-0.39, 0.29) is 18.0 Å². The molecule has 1 aliphatic rings. The second kappa shape index (κ2) is 8.43. The van der Waals surface area contributed by atoms with Gasteiger partial charge in [0.25, 0.3) is 5.91 Å². The lowest BCUT2D eigenvalue weighted by Crippen LogP contribution is -2.31. The van der Waals surface area contributed by atoms with E-state index in [1.54, 1.807) is 37.5 Å². The predicted molar refractivity (Wildman–Crippen MR) is 114 cm³/mol. The summed E-state index contributed by atoms with van der Waals surface area (Å²) in [6, 6.07) is 15.6. The first kappa shape index (κ1) is 20.3. The van der Waals surface area contributed by atoms with Crippen molar-refractivity contribution in [3.8, 4) is 5.75 Å². The number of rotatable bonds is 6. The largest absolute Gasteiger partial charge is 0.477 e. The van der Waals surface area contributed by atoms with Crippen molar-refractivity contribution in [2.45, 2.75) is 26.3 Å². The molecule has 2 heterocycles. The quantitative estimate of drug-likeness (QED) is 0.431. The van der Waals surface area contributed by atoms with Crippen LogP contribution in [0.25, 0.3) is 0 Å². The van der Waals surface area contributed by atoms with E-state index in [4.69, 9.17) is 9.15 Å². The molecule has 1 aliphatic heterocycles. The summed E-state index contributed by atoms with van der Waals surface area (Å²) in [5.74, 6) is 0.245. The van der Waals surface area contributed by atoms with Gasteiger partial charge in [-0.05, 0) is 43.2 Å². The third kappa shape index (κ3) is 4.32. The molecule has 0 bridgehead atoms. The Morgan fingerprint density at radius 1 is 1.19 bits per heavy atom. The van der Waals surface area contributed by atoms with Gasteiger partial charge in [0.15, 0.2) is 12.4 Å². The molecule has 0 radical (unpaired) electrons. The highest BCUT2D eigenvalue weighted by Gasteiger charge is 2.35. The van der Waals surface area contributed by atoms with Crippen LogP contribution in [0.5, 0.6) is 5.75 Å². The maximum atomic E-state index is 13.0. The number of hydrogen-bond donors (Lipinski definition) is 0. The molecule has 1 amide bonds. The number of nitro groups is 1. The summed E-state index contributed by atoms with van der Waals surface area (Å²) < 4.78 is 11.1. The Morgan fingerprint density at radius 2 is 1.94 bits per heavy atom. The van der Waals surface area contributed by atoms with Gasteiger partial charge in [-0.25, -0.2) is 5.01 Å². The van der Waals surface area contributed by atoms with Crippen molar-refractivity contribution in [2.24, 2.45) is 5.10 Å². The van der Waals surface area contributed by atoms with Crippen molar-refractivity contribution in [3.05, 3.63) is 93.4 Å². The maximum absolute atomic E-state index is 13.0. The van der Waals surface area contributed by atoms with Gasteiger partial charge in [0.2, 0.25) is 0 Å². The lowest BCUT2D eigenvalue weighted by molar-refractivity contribution is -0.385. The molecule has 4 rings (SSSR count). The number of carbonyl (C=O) groups excluding carboxylic acids is 1. The molecule has 8 heteroatoms. The SMILES string of the molecule is Cc1ccc(C2=NN(C(=O)COc3cc(C)ccc3[N+](=O)[O-])[C@@H](c3ccco3)C2)cc1. The maximum Gasteiger partial charge on any atom is 0.310 e. The van der Waals surface area contributed by atoms with Crippen molar-refractivity contribution in [2.75, 3.05) is 6.61 Å². The van der Waals surface area contributed by atoms with Crippen LogP contribution in [0.15, 0.2) is 70.4 Å². The number of hydrazone groups is 1. The van der Waals surface area contributed by atoms with Gasteiger partial charge in [-0.1, -0.05) is 35.9 Å². The van der Waals surface area contributed by atoms with Gasteiger partial charge in [-0.15, -0.1) is 0 Å². The Kier molecular flexibility index (Phi) is 5.53. The third-order valence-corrected chi connectivity index (χ3v) is 5.09. The normalized spacial score (nSPS) is 15.6. The zero-order valence-electron chi connectivity index (χ0n) is 17.1. The minimum absolute atomic E-state index is 0.0508. The topological polar surface area (TPSA) is 98.2 Å². The van der Waals surface area contributed by atoms with Gasteiger partial charge in [0.05, 0.1) is 16.9 Å². The molecule has 0 spiro atoms. The van der Waals surface area contributed by atoms with E-state index in [2.05, 4.69) is 5.10 Å². The predicted octanol–water partition coefficient (Wildman–Crippen LogP) is 4.56. The number of carbonyl (C=O) groups is 1. The van der Waals surface area contributed by atoms with Crippen LogP contribution < -0.4 is 4.74 Å². The van der Waals surface area contributed by atoms with Crippen molar-refractivity contribution in [3.63, 3.8) is 0 Å². The number of nitrogens with zero attached hydrogens (tertiary/aromatic N) is 3. The smallest absolute Gasteiger partial charge is 0.310 e. The van der Waals surface area contributed by atoms with Crippen molar-refractivity contribution in [1.82, 2.24) is 5.01 Å². The summed E-state index contributed by atoms with van der Waals surface area (Å²) in [6.45, 7) is 3.42. The lowest BCUT2D eigenvalue weighted by Gasteiger charge is -2.20. The number of nitro benzene ring substituents is 1. The molecule has 0 saturated heterocycles. The molecule has 0 aliphatic carbocycles. The number of amides is 1. The molecule has 8 nitrogen and oxygen atoms in total. The Balaban J connectivity index is 1.57. The Morgan fingerprint density at radius 3 is 2.61 bits per heavy atom. The lowest BCUT2D eigenvalue weighted by atomic mass is 10.0. The van der Waals surface area contributed by atoms with Crippen LogP contribution in [0.3, 0.4) is 0 Å². The van der Waals surface area contributed by atoms with Crippen LogP contribution in [-0.4, -0.2) is 28.2 Å². The van der Waals surface area contributed by atoms with E-state index in [0.29, 0.717) is 12.2 Å². The number of benzene rings is 2. The second-order valence-electron chi connectivity index (χ2n) is 7.40. The van der Waals surface area contributed by atoms with Gasteiger partial charge in [0, 0.05) is 12.5 Å².